The van der Waals surface area contributed by atoms with E-state index in [1.165, 1.54) is 17.0 Å². The molecular formula is C15H19N3O4S. The van der Waals surface area contributed by atoms with E-state index in [1.54, 1.807) is 24.1 Å². The number of hydrogen-bond acceptors (Lipinski definition) is 4. The van der Waals surface area contributed by atoms with Gasteiger partial charge in [0, 0.05) is 44.7 Å². The summed E-state index contributed by atoms with van der Waals surface area (Å²) in [6, 6.07) is 5.86. The molecule has 0 bridgehead atoms. The highest BCUT2D eigenvalue weighted by molar-refractivity contribution is 7.89. The molecule has 23 heavy (non-hydrogen) atoms. The molecular weight excluding hydrogens is 318 g/mol. The van der Waals surface area contributed by atoms with Crippen LogP contribution in [0.1, 0.15) is 19.3 Å². The lowest BCUT2D eigenvalue weighted by molar-refractivity contribution is -0.126. The highest BCUT2D eigenvalue weighted by Crippen LogP contribution is 2.23. The van der Waals surface area contributed by atoms with Gasteiger partial charge in [-0.15, -0.1) is 0 Å². The molecule has 7 nitrogen and oxygen atoms in total. The van der Waals surface area contributed by atoms with Gasteiger partial charge in [-0.3, -0.25) is 9.59 Å². The number of likely N-dealkylation sites (N-methyl/N-ethyl adjacent to an activating group) is 1. The summed E-state index contributed by atoms with van der Waals surface area (Å²) in [5.74, 6) is -0.00756. The van der Waals surface area contributed by atoms with Crippen LogP contribution in [0.15, 0.2) is 29.2 Å². The zero-order valence-electron chi connectivity index (χ0n) is 12.9. The molecule has 0 aromatic heterocycles. The van der Waals surface area contributed by atoms with Gasteiger partial charge in [-0.05, 0) is 30.7 Å². The van der Waals surface area contributed by atoms with Crippen molar-refractivity contribution in [3.8, 4) is 0 Å². The number of anilines is 1. The van der Waals surface area contributed by atoms with Crippen LogP contribution in [0.25, 0.3) is 0 Å². The molecule has 1 N–H and O–H groups in total. The molecule has 124 valence electrons. The average molecular weight is 337 g/mol. The Morgan fingerprint density at radius 2 is 1.83 bits per heavy atom. The van der Waals surface area contributed by atoms with Crippen LogP contribution < -0.4 is 9.62 Å². The molecule has 3 rings (SSSR count). The molecule has 2 saturated heterocycles. The van der Waals surface area contributed by atoms with E-state index in [2.05, 4.69) is 4.72 Å². The number of benzene rings is 1. The number of amides is 2. The van der Waals surface area contributed by atoms with E-state index in [9.17, 15) is 18.0 Å². The molecule has 1 aromatic rings. The standard InChI is InChI=1S/C15H19N3O4S/c1-17-10-11(9-15(17)20)16-23(21,22)13-6-4-12(5-7-13)18-8-2-3-14(18)19/h4-7,11,16H,2-3,8-10H2,1H3. The van der Waals surface area contributed by atoms with Crippen LogP contribution in [0.2, 0.25) is 0 Å². The van der Waals surface area contributed by atoms with Crippen molar-refractivity contribution in [2.45, 2.75) is 30.2 Å². The molecule has 1 aromatic carbocycles. The van der Waals surface area contributed by atoms with Crippen molar-refractivity contribution in [3.63, 3.8) is 0 Å². The number of nitrogens with one attached hydrogen (secondary N) is 1. The summed E-state index contributed by atoms with van der Waals surface area (Å²) in [7, 11) is -2.03. The Kier molecular flexibility index (Phi) is 4.11. The molecule has 1 unspecified atom stereocenters. The van der Waals surface area contributed by atoms with Crippen LogP contribution in [0.3, 0.4) is 0 Å². The van der Waals surface area contributed by atoms with Crippen LogP contribution in [0.5, 0.6) is 0 Å². The van der Waals surface area contributed by atoms with Gasteiger partial charge in [-0.2, -0.15) is 0 Å². The third-order valence-electron chi connectivity index (χ3n) is 4.19. The summed E-state index contributed by atoms with van der Waals surface area (Å²) in [4.78, 5) is 26.5. The van der Waals surface area contributed by atoms with Crippen molar-refractivity contribution >= 4 is 27.5 Å². The number of hydrogen-bond donors (Lipinski definition) is 1. The number of likely N-dealkylation sites (tertiary alicyclic amines) is 1. The maximum atomic E-state index is 12.4. The minimum atomic E-state index is -3.68. The van der Waals surface area contributed by atoms with Crippen molar-refractivity contribution in [2.24, 2.45) is 0 Å². The Morgan fingerprint density at radius 1 is 1.13 bits per heavy atom. The quantitative estimate of drug-likeness (QED) is 0.857. The summed E-state index contributed by atoms with van der Waals surface area (Å²) in [6.07, 6.45) is 1.53. The average Bonchev–Trinajstić information content (AvgIpc) is 3.05. The fourth-order valence-electron chi connectivity index (χ4n) is 2.96. The van der Waals surface area contributed by atoms with Gasteiger partial charge in [-0.1, -0.05) is 0 Å². The van der Waals surface area contributed by atoms with Crippen molar-refractivity contribution in [1.29, 1.82) is 0 Å². The van der Waals surface area contributed by atoms with Gasteiger partial charge < -0.3 is 9.80 Å². The Balaban J connectivity index is 1.73. The molecule has 8 heteroatoms. The van der Waals surface area contributed by atoms with Gasteiger partial charge in [0.15, 0.2) is 0 Å². The maximum absolute atomic E-state index is 12.4. The van der Waals surface area contributed by atoms with Crippen molar-refractivity contribution in [1.82, 2.24) is 9.62 Å². The minimum absolute atomic E-state index is 0.0613. The molecule has 2 aliphatic rings. The number of carbonyl (C=O) groups is 2. The Labute approximate surface area is 135 Å². The molecule has 0 saturated carbocycles. The molecule has 0 radical (unpaired) electrons. The van der Waals surface area contributed by atoms with Gasteiger partial charge in [0.1, 0.15) is 0 Å². The number of carbonyl (C=O) groups excluding carboxylic acids is 2. The van der Waals surface area contributed by atoms with Gasteiger partial charge in [0.25, 0.3) is 0 Å². The predicted octanol–water partition coefficient (Wildman–Crippen LogP) is 0.322. The summed E-state index contributed by atoms with van der Waals surface area (Å²) < 4.78 is 27.3. The molecule has 0 spiro atoms. The van der Waals surface area contributed by atoms with Gasteiger partial charge in [0.05, 0.1) is 4.90 Å². The zero-order chi connectivity index (χ0) is 16.6. The van der Waals surface area contributed by atoms with E-state index in [4.69, 9.17) is 0 Å². The van der Waals surface area contributed by atoms with E-state index in [0.717, 1.165) is 6.42 Å². The molecule has 1 atom stereocenters. The summed E-state index contributed by atoms with van der Waals surface area (Å²) in [5.41, 5.74) is 0.710. The number of sulfonamides is 1. The second-order valence-corrected chi connectivity index (χ2v) is 7.65. The largest absolute Gasteiger partial charge is 0.344 e. The first-order valence-electron chi connectivity index (χ1n) is 7.53. The van der Waals surface area contributed by atoms with E-state index in [-0.39, 0.29) is 23.1 Å². The first kappa shape index (κ1) is 15.9. The number of rotatable bonds is 4. The van der Waals surface area contributed by atoms with E-state index < -0.39 is 16.1 Å². The van der Waals surface area contributed by atoms with Crippen molar-refractivity contribution < 1.29 is 18.0 Å². The monoisotopic (exact) mass is 337 g/mol. The van der Waals surface area contributed by atoms with Crippen molar-refractivity contribution in [2.75, 3.05) is 25.0 Å². The fourth-order valence-corrected chi connectivity index (χ4v) is 4.18. The summed E-state index contributed by atoms with van der Waals surface area (Å²) in [5, 5.41) is 0. The lowest BCUT2D eigenvalue weighted by Crippen LogP contribution is -2.36. The van der Waals surface area contributed by atoms with Crippen LogP contribution in [-0.2, 0) is 19.6 Å². The third kappa shape index (κ3) is 3.23. The normalized spacial score (nSPS) is 22.2. The molecule has 0 aliphatic carbocycles. The van der Waals surface area contributed by atoms with Gasteiger partial charge in [0.2, 0.25) is 21.8 Å². The Morgan fingerprint density at radius 3 is 2.35 bits per heavy atom. The third-order valence-corrected chi connectivity index (χ3v) is 5.73. The van der Waals surface area contributed by atoms with Crippen molar-refractivity contribution in [3.05, 3.63) is 24.3 Å². The van der Waals surface area contributed by atoms with Gasteiger partial charge >= 0.3 is 0 Å². The predicted molar refractivity (Wildman–Crippen MR) is 84.4 cm³/mol. The smallest absolute Gasteiger partial charge is 0.240 e. The van der Waals surface area contributed by atoms with E-state index in [0.29, 0.717) is 25.2 Å². The molecule has 2 heterocycles. The molecule has 2 aliphatic heterocycles. The first-order chi connectivity index (χ1) is 10.9. The van der Waals surface area contributed by atoms with Crippen LogP contribution >= 0.6 is 0 Å². The fraction of sp³-hybridized carbons (Fsp3) is 0.467. The van der Waals surface area contributed by atoms with Crippen LogP contribution in [-0.4, -0.2) is 51.3 Å². The number of nitrogens with zero attached hydrogens (tertiary/aromatic N) is 2. The van der Waals surface area contributed by atoms with E-state index >= 15 is 0 Å². The second-order valence-electron chi connectivity index (χ2n) is 5.94. The highest BCUT2D eigenvalue weighted by Gasteiger charge is 2.30. The topological polar surface area (TPSA) is 86.8 Å². The first-order valence-corrected chi connectivity index (χ1v) is 9.02. The second kappa shape index (κ2) is 5.93. The Bertz CT molecular complexity index is 730. The van der Waals surface area contributed by atoms with E-state index in [1.807, 2.05) is 0 Å². The van der Waals surface area contributed by atoms with Gasteiger partial charge in [-0.25, -0.2) is 13.1 Å². The Hall–Kier alpha value is -1.93. The summed E-state index contributed by atoms with van der Waals surface area (Å²) >= 11 is 0. The maximum Gasteiger partial charge on any atom is 0.240 e. The minimum Gasteiger partial charge on any atom is -0.344 e. The SMILES string of the molecule is CN1CC(NS(=O)(=O)c2ccc(N3CCCC3=O)cc2)CC1=O. The molecule has 2 amide bonds. The van der Waals surface area contributed by atoms with Crippen LogP contribution in [0.4, 0.5) is 5.69 Å². The van der Waals surface area contributed by atoms with Crippen LogP contribution in [0, 0.1) is 0 Å². The zero-order valence-corrected chi connectivity index (χ0v) is 13.7. The lowest BCUT2D eigenvalue weighted by atomic mass is 10.3. The lowest BCUT2D eigenvalue weighted by Gasteiger charge is -2.17. The molecule has 2 fully saturated rings. The highest BCUT2D eigenvalue weighted by atomic mass is 32.2. The summed E-state index contributed by atoms with van der Waals surface area (Å²) in [6.45, 7) is 1.04.